The van der Waals surface area contributed by atoms with E-state index in [4.69, 9.17) is 13.9 Å². The van der Waals surface area contributed by atoms with Crippen molar-refractivity contribution in [2.24, 2.45) is 0 Å². The normalized spacial score (nSPS) is 20.3. The van der Waals surface area contributed by atoms with E-state index in [0.717, 1.165) is 19.3 Å². The molecule has 0 bridgehead atoms. The van der Waals surface area contributed by atoms with Gasteiger partial charge < -0.3 is 13.9 Å². The summed E-state index contributed by atoms with van der Waals surface area (Å²) < 4.78 is 19.4. The second-order valence-electron chi connectivity index (χ2n) is 11.6. The van der Waals surface area contributed by atoms with Crippen LogP contribution in [0.2, 0.25) is 18.1 Å². The Hall–Kier alpha value is -0.683. The van der Waals surface area contributed by atoms with Crippen LogP contribution in [0.3, 0.4) is 0 Å². The van der Waals surface area contributed by atoms with E-state index < -0.39 is 8.32 Å². The van der Waals surface area contributed by atoms with E-state index >= 15 is 0 Å². The van der Waals surface area contributed by atoms with E-state index in [1.165, 1.54) is 56.9 Å². The summed E-state index contributed by atoms with van der Waals surface area (Å²) in [5.74, 6) is 0. The highest BCUT2D eigenvalue weighted by Gasteiger charge is 2.42. The molecule has 1 heterocycles. The minimum atomic E-state index is -1.83. The highest BCUT2D eigenvalue weighted by Crippen LogP contribution is 2.39. The van der Waals surface area contributed by atoms with Crippen molar-refractivity contribution in [2.75, 3.05) is 6.61 Å². The standard InChI is InChI=1S/C29H52O3Si/c1-7-8-9-10-11-12-13-17-20-28(32-33(5,6)29(2,3)4)27-22-21-26(31-27)24-30-23-25-18-15-14-16-19-25/h14-16,18-19,26-28H,7-13,17,20-24H2,1-6H3/t26-,27-,28-/m1/s1. The van der Waals surface area contributed by atoms with E-state index in [1.54, 1.807) is 0 Å². The first-order valence-electron chi connectivity index (χ1n) is 13.7. The molecule has 0 spiro atoms. The minimum Gasteiger partial charge on any atom is -0.411 e. The average Bonchev–Trinajstić information content (AvgIpc) is 3.23. The molecule has 0 radical (unpaired) electrons. The lowest BCUT2D eigenvalue weighted by molar-refractivity contribution is -0.0612. The fourth-order valence-corrected chi connectivity index (χ4v) is 5.75. The lowest BCUT2D eigenvalue weighted by Crippen LogP contribution is -2.47. The molecule has 1 fully saturated rings. The molecule has 0 unspecified atom stereocenters. The van der Waals surface area contributed by atoms with Crippen molar-refractivity contribution in [3.8, 4) is 0 Å². The van der Waals surface area contributed by atoms with Crippen molar-refractivity contribution in [3.63, 3.8) is 0 Å². The first-order valence-corrected chi connectivity index (χ1v) is 16.6. The Morgan fingerprint density at radius 2 is 1.58 bits per heavy atom. The lowest BCUT2D eigenvalue weighted by Gasteiger charge is -2.41. The van der Waals surface area contributed by atoms with E-state index in [0.29, 0.717) is 13.2 Å². The number of hydrogen-bond acceptors (Lipinski definition) is 3. The molecule has 1 aromatic rings. The maximum absolute atomic E-state index is 6.94. The molecule has 1 saturated heterocycles. The zero-order valence-electron chi connectivity index (χ0n) is 22.5. The van der Waals surface area contributed by atoms with Crippen LogP contribution in [0.5, 0.6) is 0 Å². The van der Waals surface area contributed by atoms with Crippen molar-refractivity contribution in [3.05, 3.63) is 35.9 Å². The van der Waals surface area contributed by atoms with Crippen LogP contribution in [0.4, 0.5) is 0 Å². The Kier molecular flexibility index (Phi) is 12.7. The van der Waals surface area contributed by atoms with Crippen LogP contribution in [0, 0.1) is 0 Å². The lowest BCUT2D eigenvalue weighted by atomic mass is 10.0. The number of unbranched alkanes of at least 4 members (excludes halogenated alkanes) is 7. The first kappa shape index (κ1) is 28.6. The van der Waals surface area contributed by atoms with Crippen molar-refractivity contribution in [2.45, 2.75) is 141 Å². The molecule has 0 aliphatic carbocycles. The van der Waals surface area contributed by atoms with Crippen LogP contribution in [0.15, 0.2) is 30.3 Å². The largest absolute Gasteiger partial charge is 0.411 e. The van der Waals surface area contributed by atoms with Crippen LogP contribution < -0.4 is 0 Å². The van der Waals surface area contributed by atoms with E-state index in [-0.39, 0.29) is 23.4 Å². The molecule has 3 atom stereocenters. The first-order chi connectivity index (χ1) is 15.7. The second-order valence-corrected chi connectivity index (χ2v) is 16.3. The van der Waals surface area contributed by atoms with Crippen LogP contribution in [-0.2, 0) is 20.5 Å². The quantitative estimate of drug-likeness (QED) is 0.176. The molecule has 0 aromatic heterocycles. The van der Waals surface area contributed by atoms with Gasteiger partial charge in [-0.25, -0.2) is 0 Å². The van der Waals surface area contributed by atoms with Crippen molar-refractivity contribution in [1.82, 2.24) is 0 Å². The molecule has 190 valence electrons. The molecule has 0 N–H and O–H groups in total. The summed E-state index contributed by atoms with van der Waals surface area (Å²) >= 11 is 0. The fraction of sp³-hybridized carbons (Fsp3) is 0.793. The maximum Gasteiger partial charge on any atom is 0.192 e. The Morgan fingerprint density at radius 3 is 2.21 bits per heavy atom. The number of ether oxygens (including phenoxy) is 2. The highest BCUT2D eigenvalue weighted by atomic mass is 28.4. The minimum absolute atomic E-state index is 0.197. The Bertz CT molecular complexity index is 626. The molecule has 0 saturated carbocycles. The van der Waals surface area contributed by atoms with Crippen LogP contribution in [0.1, 0.15) is 104 Å². The predicted octanol–water partition coefficient (Wildman–Crippen LogP) is 8.67. The van der Waals surface area contributed by atoms with Crippen molar-refractivity contribution >= 4 is 8.32 Å². The highest BCUT2D eigenvalue weighted by molar-refractivity contribution is 6.74. The summed E-state index contributed by atoms with van der Waals surface area (Å²) in [7, 11) is -1.83. The van der Waals surface area contributed by atoms with Gasteiger partial charge in [0.25, 0.3) is 0 Å². The smallest absolute Gasteiger partial charge is 0.192 e. The second kappa shape index (κ2) is 14.7. The molecule has 3 nitrogen and oxygen atoms in total. The third-order valence-corrected chi connectivity index (χ3v) is 12.1. The van der Waals surface area contributed by atoms with Gasteiger partial charge >= 0.3 is 0 Å². The summed E-state index contributed by atoms with van der Waals surface area (Å²) in [6.07, 6.45) is 14.8. The molecule has 33 heavy (non-hydrogen) atoms. The summed E-state index contributed by atoms with van der Waals surface area (Å²) in [5.41, 5.74) is 1.22. The van der Waals surface area contributed by atoms with Gasteiger partial charge in [0, 0.05) is 0 Å². The Balaban J connectivity index is 1.80. The summed E-state index contributed by atoms with van der Waals surface area (Å²) in [6.45, 7) is 15.4. The van der Waals surface area contributed by atoms with Gasteiger partial charge in [0.1, 0.15) is 0 Å². The monoisotopic (exact) mass is 476 g/mol. The zero-order valence-corrected chi connectivity index (χ0v) is 23.5. The molecular weight excluding hydrogens is 424 g/mol. The molecule has 0 amide bonds. The number of rotatable bonds is 16. The van der Waals surface area contributed by atoms with Gasteiger partial charge in [-0.2, -0.15) is 0 Å². The summed E-state index contributed by atoms with van der Waals surface area (Å²) in [4.78, 5) is 0. The van der Waals surface area contributed by atoms with Gasteiger partial charge in [0.05, 0.1) is 31.5 Å². The van der Waals surface area contributed by atoms with E-state index in [1.807, 2.05) is 6.07 Å². The number of hydrogen-bond donors (Lipinski definition) is 0. The van der Waals surface area contributed by atoms with Gasteiger partial charge in [-0.15, -0.1) is 0 Å². The Morgan fingerprint density at radius 1 is 0.939 bits per heavy atom. The Labute approximate surface area is 206 Å². The van der Waals surface area contributed by atoms with Crippen LogP contribution in [-0.4, -0.2) is 33.2 Å². The van der Waals surface area contributed by atoms with E-state index in [9.17, 15) is 0 Å². The zero-order chi connectivity index (χ0) is 24.2. The number of benzene rings is 1. The molecule has 4 heteroatoms. The van der Waals surface area contributed by atoms with Crippen molar-refractivity contribution in [1.29, 1.82) is 0 Å². The summed E-state index contributed by atoms with van der Waals surface area (Å²) in [5, 5.41) is 0.224. The van der Waals surface area contributed by atoms with E-state index in [2.05, 4.69) is 65.1 Å². The van der Waals surface area contributed by atoms with Gasteiger partial charge in [0.2, 0.25) is 0 Å². The molecule has 1 aliphatic heterocycles. The van der Waals surface area contributed by atoms with Gasteiger partial charge in [-0.1, -0.05) is 109 Å². The molecule has 1 aromatic carbocycles. The summed E-state index contributed by atoms with van der Waals surface area (Å²) in [6, 6.07) is 10.4. The molecule has 2 rings (SSSR count). The molecule has 1 aliphatic rings. The predicted molar refractivity (Wildman–Crippen MR) is 143 cm³/mol. The topological polar surface area (TPSA) is 27.7 Å². The van der Waals surface area contributed by atoms with Crippen LogP contribution in [0.25, 0.3) is 0 Å². The van der Waals surface area contributed by atoms with Crippen molar-refractivity contribution < 1.29 is 13.9 Å². The fourth-order valence-electron chi connectivity index (χ4n) is 4.37. The third-order valence-electron chi connectivity index (χ3n) is 7.56. The third kappa shape index (κ3) is 10.6. The van der Waals surface area contributed by atoms with Gasteiger partial charge in [0.15, 0.2) is 8.32 Å². The SMILES string of the molecule is CCCCCCCCCC[C@@H](O[Si](C)(C)C(C)(C)C)[C@H]1CC[C@H](COCc2ccccc2)O1. The van der Waals surface area contributed by atoms with Gasteiger partial charge in [-0.05, 0) is 43.0 Å². The van der Waals surface area contributed by atoms with Gasteiger partial charge in [-0.3, -0.25) is 0 Å². The molecular formula is C29H52O3Si. The van der Waals surface area contributed by atoms with Crippen LogP contribution >= 0.6 is 0 Å². The maximum atomic E-state index is 6.94. The average molecular weight is 477 g/mol.